The average molecular weight is 419 g/mol. The predicted molar refractivity (Wildman–Crippen MR) is 108 cm³/mol. The van der Waals surface area contributed by atoms with Crippen molar-refractivity contribution in [1.29, 1.82) is 0 Å². The summed E-state index contributed by atoms with van der Waals surface area (Å²) in [5, 5.41) is 14.2. The van der Waals surface area contributed by atoms with E-state index in [2.05, 4.69) is 26.8 Å². The first-order chi connectivity index (χ1) is 13.7. The number of nitrogens with one attached hydrogen (secondary N) is 2. The predicted octanol–water partition coefficient (Wildman–Crippen LogP) is -1.62. The second kappa shape index (κ2) is 7.37. The lowest BCUT2D eigenvalue weighted by molar-refractivity contribution is -0.130. The average Bonchev–Trinajstić information content (AvgIpc) is 3.01. The van der Waals surface area contributed by atoms with Gasteiger partial charge in [-0.3, -0.25) is 24.0 Å². The molecule has 0 saturated carbocycles. The molecule has 1 aromatic heterocycles. The molecule has 152 valence electrons. The number of carbonyl (C=O) groups excluding carboxylic acids is 2. The third-order valence-electron chi connectivity index (χ3n) is 4.55. The molecule has 0 aliphatic carbocycles. The highest BCUT2D eigenvalue weighted by Gasteiger charge is 2.53. The quantitative estimate of drug-likeness (QED) is 0.175. The molecule has 1 saturated heterocycles. The molecule has 1 fully saturated rings. The van der Waals surface area contributed by atoms with Crippen LogP contribution in [0, 0.1) is 4.77 Å². The van der Waals surface area contributed by atoms with Crippen LogP contribution in [0.2, 0.25) is 0 Å². The minimum atomic E-state index is -0.772. The Kier molecular flexibility index (Phi) is 5.10. The van der Waals surface area contributed by atoms with Gasteiger partial charge in [0.05, 0.1) is 13.3 Å². The molecular weight excluding hydrogens is 400 g/mol. The van der Waals surface area contributed by atoms with Crippen LogP contribution in [0.5, 0.6) is 5.88 Å². The molecule has 3 rings (SSSR count). The van der Waals surface area contributed by atoms with Gasteiger partial charge in [0, 0.05) is 20.6 Å². The molecule has 0 aromatic carbocycles. The number of fused-ring (bicyclic) bond motifs is 1. The van der Waals surface area contributed by atoms with E-state index in [0.717, 1.165) is 11.1 Å². The van der Waals surface area contributed by atoms with Gasteiger partial charge >= 0.3 is 17.8 Å². The summed E-state index contributed by atoms with van der Waals surface area (Å²) < 4.78 is 5.58. The summed E-state index contributed by atoms with van der Waals surface area (Å²) in [6.07, 6.45) is 2.62. The van der Waals surface area contributed by atoms with E-state index in [1.54, 1.807) is 7.05 Å². The third-order valence-corrected chi connectivity index (χ3v) is 4.87. The Hall–Kier alpha value is -3.70. The molecule has 2 aliphatic rings. The number of amidine groups is 1. The molecular formula is C16H19N8O4S+. The van der Waals surface area contributed by atoms with Gasteiger partial charge in [0.2, 0.25) is 11.9 Å². The minimum Gasteiger partial charge on any atom is -0.494 e. The summed E-state index contributed by atoms with van der Waals surface area (Å²) in [6.45, 7) is 3.77. The number of guanidine groups is 1. The number of carbonyl (C=O) groups is 2. The van der Waals surface area contributed by atoms with Crippen LogP contribution >= 0.6 is 12.2 Å². The van der Waals surface area contributed by atoms with E-state index in [1.807, 2.05) is 0 Å². The number of aromatic nitrogens is 2. The topological polar surface area (TPSA) is 140 Å². The highest BCUT2D eigenvalue weighted by atomic mass is 32.1. The lowest BCUT2D eigenvalue weighted by Gasteiger charge is -2.30. The summed E-state index contributed by atoms with van der Waals surface area (Å²) in [5.41, 5.74) is 1.88. The van der Waals surface area contributed by atoms with Crippen molar-refractivity contribution >= 4 is 42.2 Å². The number of nitrogens with zero attached hydrogens (tertiary/aromatic N) is 6. The maximum atomic E-state index is 12.4. The van der Waals surface area contributed by atoms with Gasteiger partial charge in [0.15, 0.2) is 4.77 Å². The van der Waals surface area contributed by atoms with E-state index in [0.29, 0.717) is 0 Å². The summed E-state index contributed by atoms with van der Waals surface area (Å²) in [5.74, 6) is -0.329. The van der Waals surface area contributed by atoms with Crippen LogP contribution in [-0.2, 0) is 11.3 Å². The van der Waals surface area contributed by atoms with Crippen LogP contribution in [0.1, 0.15) is 5.56 Å². The molecule has 3 N–H and O–H groups in total. The molecule has 1 atom stereocenters. The molecule has 29 heavy (non-hydrogen) atoms. The van der Waals surface area contributed by atoms with Crippen molar-refractivity contribution in [2.45, 2.75) is 12.6 Å². The zero-order valence-electron chi connectivity index (χ0n) is 15.9. The van der Waals surface area contributed by atoms with Crippen molar-refractivity contribution in [2.75, 3.05) is 21.1 Å². The molecule has 0 bridgehead atoms. The van der Waals surface area contributed by atoms with Gasteiger partial charge in [-0.25, -0.2) is 19.3 Å². The lowest BCUT2D eigenvalue weighted by atomic mass is 10.1. The van der Waals surface area contributed by atoms with Crippen molar-refractivity contribution < 1.29 is 14.7 Å². The first-order valence-corrected chi connectivity index (χ1v) is 8.79. The Bertz CT molecular complexity index is 1130. The van der Waals surface area contributed by atoms with Crippen molar-refractivity contribution in [3.8, 4) is 5.88 Å². The van der Waals surface area contributed by atoms with Crippen molar-refractivity contribution in [1.82, 2.24) is 34.3 Å². The number of urea groups is 1. The highest BCUT2D eigenvalue weighted by molar-refractivity contribution is 7.71. The molecule has 1 unspecified atom stereocenters. The van der Waals surface area contributed by atoms with Crippen LogP contribution in [0.3, 0.4) is 0 Å². The van der Waals surface area contributed by atoms with E-state index >= 15 is 0 Å². The largest absolute Gasteiger partial charge is 0.494 e. The van der Waals surface area contributed by atoms with Crippen LogP contribution < -0.4 is 15.7 Å². The molecule has 0 spiro atoms. The van der Waals surface area contributed by atoms with Gasteiger partial charge in [-0.05, 0) is 12.2 Å². The summed E-state index contributed by atoms with van der Waals surface area (Å²) in [6, 6.07) is -1.26. The molecule has 12 nitrogen and oxygen atoms in total. The van der Waals surface area contributed by atoms with Gasteiger partial charge in [0.1, 0.15) is 5.56 Å². The maximum Gasteiger partial charge on any atom is 0.421 e. The number of H-pyrrole nitrogens is 1. The first kappa shape index (κ1) is 20.0. The second-order valence-electron chi connectivity index (χ2n) is 6.31. The Morgan fingerprint density at radius 2 is 2.00 bits per heavy atom. The fourth-order valence-electron chi connectivity index (χ4n) is 2.93. The van der Waals surface area contributed by atoms with Gasteiger partial charge in [-0.15, -0.1) is 11.7 Å². The van der Waals surface area contributed by atoms with Gasteiger partial charge in [0.25, 0.3) is 11.5 Å². The molecule has 0 radical (unpaired) electrons. The highest BCUT2D eigenvalue weighted by Crippen LogP contribution is 2.16. The number of rotatable bonds is 4. The number of aromatic hydroxyl groups is 1. The number of amides is 3. The fraction of sp³-hybridized carbons (Fsp3) is 0.312. The Morgan fingerprint density at radius 3 is 2.66 bits per heavy atom. The second-order valence-corrected chi connectivity index (χ2v) is 6.70. The zero-order valence-corrected chi connectivity index (χ0v) is 16.7. The van der Waals surface area contributed by atoms with E-state index < -0.39 is 23.5 Å². The number of aromatic amines is 1. The number of allylic oxidation sites excluding steroid dienone is 1. The minimum absolute atomic E-state index is 0.0493. The zero-order chi connectivity index (χ0) is 21.5. The lowest BCUT2D eigenvalue weighted by Crippen LogP contribution is -2.63. The standard InChI is InChI=1S/C16H18N8O4S/c1-5-6-24-12(26)8(11(25)19-15(24)29)7-17-20-14-18-10-9(21(14)2)13(27)23(4)16(28)22(10)3/h5,7,9H,1,6H2,2-4H3,(H2,17,19,25,26,29)/p+1. The van der Waals surface area contributed by atoms with Crippen LogP contribution in [0.4, 0.5) is 4.79 Å². The van der Waals surface area contributed by atoms with Crippen LogP contribution in [0.25, 0.3) is 0 Å². The van der Waals surface area contributed by atoms with Gasteiger partial charge in [-0.1, -0.05) is 6.08 Å². The molecule has 2 aliphatic heterocycles. The van der Waals surface area contributed by atoms with E-state index in [9.17, 15) is 19.5 Å². The molecule has 3 heterocycles. The van der Waals surface area contributed by atoms with Gasteiger partial charge < -0.3 is 5.11 Å². The van der Waals surface area contributed by atoms with E-state index in [4.69, 9.17) is 12.2 Å². The van der Waals surface area contributed by atoms with Crippen LogP contribution in [0.15, 0.2) is 22.6 Å². The van der Waals surface area contributed by atoms with E-state index in [1.165, 1.54) is 34.5 Å². The monoisotopic (exact) mass is 419 g/mol. The maximum absolute atomic E-state index is 12.4. The first-order valence-electron chi connectivity index (χ1n) is 8.38. The van der Waals surface area contributed by atoms with Crippen molar-refractivity contribution in [2.24, 2.45) is 5.10 Å². The fourth-order valence-corrected chi connectivity index (χ4v) is 3.18. The number of hydrogen-bond donors (Lipinski definition) is 3. The third kappa shape index (κ3) is 3.22. The summed E-state index contributed by atoms with van der Waals surface area (Å²) >= 11 is 5.01. The molecule has 1 aromatic rings. The Morgan fingerprint density at radius 1 is 1.31 bits per heavy atom. The molecule has 3 amide bonds. The van der Waals surface area contributed by atoms with Crippen molar-refractivity contribution in [3.63, 3.8) is 0 Å². The van der Waals surface area contributed by atoms with Crippen molar-refractivity contribution in [3.05, 3.63) is 33.3 Å². The summed E-state index contributed by atoms with van der Waals surface area (Å²) in [4.78, 5) is 42.8. The van der Waals surface area contributed by atoms with Crippen LogP contribution in [-0.4, -0.2) is 86.5 Å². The number of hydrogen-bond acceptors (Lipinski definition) is 8. The molecule has 13 heteroatoms. The normalized spacial score (nSPS) is 18.9. The number of likely N-dealkylation sites (N-methyl/N-ethyl adjacent to an activating group) is 3. The van der Waals surface area contributed by atoms with Gasteiger partial charge in [-0.2, -0.15) is 5.43 Å². The number of imide groups is 1. The summed E-state index contributed by atoms with van der Waals surface area (Å²) in [7, 11) is 4.53. The smallest absolute Gasteiger partial charge is 0.421 e. The SMILES string of the molecule is C=CCn1c(O)c(/C=N/NC2=[N+]=C3C(C(=O)N(C)C(=O)N3C)N2C)c(=O)[nH]c1=S. The number of hydrazone groups is 1. The Labute approximate surface area is 169 Å². The van der Waals surface area contributed by atoms with E-state index in [-0.39, 0.29) is 34.6 Å². The Balaban J connectivity index is 1.90.